The van der Waals surface area contributed by atoms with E-state index < -0.39 is 54.6 Å². The minimum absolute atomic E-state index is 0.0769. The first-order valence-electron chi connectivity index (χ1n) is 15.8. The number of alkyl halides is 7. The number of rotatable bonds is 13. The molecular formula is C31H35F7N6O3. The average molecular weight is 673 g/mol. The van der Waals surface area contributed by atoms with E-state index in [0.717, 1.165) is 25.4 Å². The molecule has 256 valence electrons. The molecule has 16 heteroatoms. The summed E-state index contributed by atoms with van der Waals surface area (Å²) in [6.45, 7) is 0.228. The van der Waals surface area contributed by atoms with Crippen LogP contribution in [-0.2, 0) is 11.2 Å². The number of fused-ring (bicyclic) bond motifs is 1. The summed E-state index contributed by atoms with van der Waals surface area (Å²) in [6.07, 6.45) is -0.612. The van der Waals surface area contributed by atoms with Gasteiger partial charge in [0.05, 0.1) is 29.2 Å². The van der Waals surface area contributed by atoms with Gasteiger partial charge in [-0.1, -0.05) is 5.16 Å². The van der Waals surface area contributed by atoms with Crippen molar-refractivity contribution in [3.05, 3.63) is 47.4 Å². The van der Waals surface area contributed by atoms with Crippen LogP contribution in [0.5, 0.6) is 0 Å². The van der Waals surface area contributed by atoms with Crippen LogP contribution in [0.2, 0.25) is 0 Å². The molecule has 1 amide bonds. The smallest absolute Gasteiger partial charge is 0.364 e. The maximum Gasteiger partial charge on any atom is 0.389 e. The fourth-order valence-electron chi connectivity index (χ4n) is 6.70. The van der Waals surface area contributed by atoms with E-state index >= 15 is 0 Å². The normalized spacial score (nSPS) is 22.0. The highest BCUT2D eigenvalue weighted by Crippen LogP contribution is 2.46. The molecule has 2 N–H and O–H groups in total. The van der Waals surface area contributed by atoms with Crippen molar-refractivity contribution in [1.82, 2.24) is 30.2 Å². The number of hydrogen-bond acceptors (Lipinski definition) is 7. The molecular weight excluding hydrogens is 637 g/mol. The summed E-state index contributed by atoms with van der Waals surface area (Å²) in [6, 6.07) is 0.670. The monoisotopic (exact) mass is 672 g/mol. The van der Waals surface area contributed by atoms with Gasteiger partial charge in [0, 0.05) is 63.4 Å². The Kier molecular flexibility index (Phi) is 9.09. The lowest BCUT2D eigenvalue weighted by atomic mass is 9.73. The Balaban J connectivity index is 1.22. The van der Waals surface area contributed by atoms with Gasteiger partial charge >= 0.3 is 6.18 Å². The van der Waals surface area contributed by atoms with E-state index in [-0.39, 0.29) is 80.0 Å². The van der Waals surface area contributed by atoms with E-state index in [1.807, 2.05) is 0 Å². The van der Waals surface area contributed by atoms with Crippen molar-refractivity contribution in [3.8, 4) is 0 Å². The summed E-state index contributed by atoms with van der Waals surface area (Å²) in [5.41, 5.74) is 0.630. The molecule has 3 aliphatic rings. The predicted molar refractivity (Wildman–Crippen MR) is 152 cm³/mol. The Morgan fingerprint density at radius 3 is 2.32 bits per heavy atom. The molecule has 1 unspecified atom stereocenters. The Morgan fingerprint density at radius 2 is 1.68 bits per heavy atom. The van der Waals surface area contributed by atoms with E-state index in [4.69, 9.17) is 9.51 Å². The Hall–Kier alpha value is -3.56. The van der Waals surface area contributed by atoms with Gasteiger partial charge in [0.15, 0.2) is 0 Å². The fraction of sp³-hybridized carbons (Fsp3) is 0.645. The highest BCUT2D eigenvalue weighted by atomic mass is 19.4. The predicted octanol–water partition coefficient (Wildman–Crippen LogP) is 6.41. The Labute approximate surface area is 265 Å². The second kappa shape index (κ2) is 12.8. The number of amides is 1. The third-order valence-corrected chi connectivity index (χ3v) is 9.63. The van der Waals surface area contributed by atoms with E-state index in [0.29, 0.717) is 11.4 Å². The topological polar surface area (TPSA) is 114 Å². The molecule has 3 heterocycles. The number of imidazole rings is 1. The summed E-state index contributed by atoms with van der Waals surface area (Å²) in [4.78, 5) is 34.4. The van der Waals surface area contributed by atoms with Crippen molar-refractivity contribution in [2.75, 3.05) is 6.54 Å². The minimum Gasteiger partial charge on any atom is -0.364 e. The number of carbonyl (C=O) groups is 2. The zero-order valence-electron chi connectivity index (χ0n) is 25.3. The number of aromatic nitrogens is 4. The summed E-state index contributed by atoms with van der Waals surface area (Å²) >= 11 is 0. The van der Waals surface area contributed by atoms with Crippen LogP contribution in [0, 0.1) is 23.7 Å². The van der Waals surface area contributed by atoms with Crippen LogP contribution >= 0.6 is 0 Å². The summed E-state index contributed by atoms with van der Waals surface area (Å²) < 4.78 is 99.9. The van der Waals surface area contributed by atoms with Gasteiger partial charge in [-0.2, -0.15) is 13.2 Å². The second-order valence-electron chi connectivity index (χ2n) is 13.2. The van der Waals surface area contributed by atoms with Gasteiger partial charge in [0.1, 0.15) is 18.1 Å². The van der Waals surface area contributed by atoms with Gasteiger partial charge in [0.25, 0.3) is 5.91 Å². The van der Waals surface area contributed by atoms with Gasteiger partial charge in [-0.15, -0.1) is 0 Å². The van der Waals surface area contributed by atoms with Gasteiger partial charge in [0.2, 0.25) is 17.6 Å². The quantitative estimate of drug-likeness (QED) is 0.159. The molecule has 0 aromatic carbocycles. The number of carbonyl (C=O) groups excluding carboxylic acids is 2. The SMILES string of the molecule is O=CC(CN[C@@H](c1ccn2cc([C@@H](NC(=O)c3conc3CCC(F)(F)F)C3CCC(F)(F)CC3)nc2n1)C1CC1)C1CC(F)(F)C1. The van der Waals surface area contributed by atoms with E-state index in [1.54, 1.807) is 22.9 Å². The molecule has 3 aromatic rings. The number of nitrogens with zero attached hydrogens (tertiary/aromatic N) is 4. The summed E-state index contributed by atoms with van der Waals surface area (Å²) in [7, 11) is 0. The Morgan fingerprint density at radius 1 is 1.00 bits per heavy atom. The van der Waals surface area contributed by atoms with Gasteiger partial charge in [-0.25, -0.2) is 27.5 Å². The van der Waals surface area contributed by atoms with Gasteiger partial charge < -0.3 is 20.0 Å². The lowest BCUT2D eigenvalue weighted by Crippen LogP contribution is -2.44. The summed E-state index contributed by atoms with van der Waals surface area (Å²) in [5.74, 6) is -7.20. The van der Waals surface area contributed by atoms with Crippen molar-refractivity contribution < 1.29 is 44.8 Å². The first kappa shape index (κ1) is 33.3. The molecule has 0 bridgehead atoms. The first-order chi connectivity index (χ1) is 22.2. The molecule has 6 rings (SSSR count). The zero-order valence-corrected chi connectivity index (χ0v) is 25.3. The standard InChI is InChI=1S/C31H35F7N6O3/c32-29(33)7-3-18(4-8-29)26(42-27(46)21-16-47-43-22(21)5-9-31(36,37)38)24-14-44-10-6-23(40-28(44)41-24)25(17-1-2-17)39-13-20(15-45)19-11-30(34,35)12-19/h6,10,14-20,25-26,39H,1-5,7-9,11-13H2,(H,42,46)/t20?,25-,26+/m1/s1. The lowest BCUT2D eigenvalue weighted by Gasteiger charge is -2.38. The molecule has 0 radical (unpaired) electrons. The molecule has 9 nitrogen and oxygen atoms in total. The van der Waals surface area contributed by atoms with Crippen molar-refractivity contribution in [1.29, 1.82) is 0 Å². The maximum absolute atomic E-state index is 14.1. The van der Waals surface area contributed by atoms with E-state index in [2.05, 4.69) is 20.8 Å². The van der Waals surface area contributed by atoms with Crippen LogP contribution in [0.3, 0.4) is 0 Å². The van der Waals surface area contributed by atoms with Crippen LogP contribution in [0.1, 0.15) is 97.3 Å². The van der Waals surface area contributed by atoms with Crippen molar-refractivity contribution >= 4 is 18.0 Å². The fourth-order valence-corrected chi connectivity index (χ4v) is 6.70. The van der Waals surface area contributed by atoms with Crippen molar-refractivity contribution in [2.45, 2.75) is 94.3 Å². The highest BCUT2D eigenvalue weighted by molar-refractivity contribution is 5.95. The molecule has 0 aliphatic heterocycles. The minimum atomic E-state index is -4.47. The first-order valence-corrected chi connectivity index (χ1v) is 15.8. The van der Waals surface area contributed by atoms with Crippen LogP contribution in [0.15, 0.2) is 29.2 Å². The van der Waals surface area contributed by atoms with E-state index in [1.165, 1.54) is 0 Å². The maximum atomic E-state index is 14.1. The summed E-state index contributed by atoms with van der Waals surface area (Å²) in [5, 5.41) is 9.72. The van der Waals surface area contributed by atoms with Gasteiger partial charge in [-0.05, 0) is 49.5 Å². The third-order valence-electron chi connectivity index (χ3n) is 9.63. The molecule has 3 atom stereocenters. The molecule has 0 spiro atoms. The van der Waals surface area contributed by atoms with Crippen LogP contribution in [0.4, 0.5) is 30.7 Å². The number of aryl methyl sites for hydroxylation is 1. The largest absolute Gasteiger partial charge is 0.389 e. The van der Waals surface area contributed by atoms with Crippen LogP contribution < -0.4 is 10.6 Å². The lowest BCUT2D eigenvalue weighted by molar-refractivity contribution is -0.136. The van der Waals surface area contributed by atoms with Crippen molar-refractivity contribution in [2.24, 2.45) is 23.7 Å². The molecule has 3 saturated carbocycles. The third kappa shape index (κ3) is 7.95. The molecule has 47 heavy (non-hydrogen) atoms. The molecule has 3 fully saturated rings. The van der Waals surface area contributed by atoms with Crippen LogP contribution in [0.25, 0.3) is 5.78 Å². The molecule has 0 saturated heterocycles. The molecule has 3 aliphatic carbocycles. The van der Waals surface area contributed by atoms with Crippen molar-refractivity contribution in [3.63, 3.8) is 0 Å². The zero-order chi connectivity index (χ0) is 33.6. The average Bonchev–Trinajstić information content (AvgIpc) is 3.55. The van der Waals surface area contributed by atoms with Crippen LogP contribution in [-0.4, -0.2) is 56.3 Å². The van der Waals surface area contributed by atoms with Gasteiger partial charge in [-0.3, -0.25) is 9.20 Å². The number of aldehydes is 1. The highest BCUT2D eigenvalue weighted by Gasteiger charge is 2.48. The number of halogens is 7. The molecule has 3 aromatic heterocycles. The van der Waals surface area contributed by atoms with E-state index in [9.17, 15) is 40.3 Å². The number of nitrogens with one attached hydrogen (secondary N) is 2. The Bertz CT molecular complexity index is 1570. The number of hydrogen-bond donors (Lipinski definition) is 2. The second-order valence-corrected chi connectivity index (χ2v) is 13.2.